The van der Waals surface area contributed by atoms with Gasteiger partial charge in [0.25, 0.3) is 0 Å². The third-order valence-corrected chi connectivity index (χ3v) is 4.41. The fourth-order valence-electron chi connectivity index (χ4n) is 2.20. The zero-order chi connectivity index (χ0) is 13.8. The van der Waals surface area contributed by atoms with Crippen molar-refractivity contribution in [3.05, 3.63) is 78.4 Å². The van der Waals surface area contributed by atoms with E-state index in [1.54, 1.807) is 11.8 Å². The minimum absolute atomic E-state index is 0.165. The van der Waals surface area contributed by atoms with Crippen LogP contribution in [0.1, 0.15) is 10.8 Å². The van der Waals surface area contributed by atoms with Gasteiger partial charge in [0.2, 0.25) is 0 Å². The van der Waals surface area contributed by atoms with Gasteiger partial charge in [-0.25, -0.2) is 0 Å². The Morgan fingerprint density at radius 3 is 2.25 bits per heavy atom. The number of carbonyl (C=O) groups is 1. The Bertz CT molecular complexity index is 722. The summed E-state index contributed by atoms with van der Waals surface area (Å²) in [5.74, 6) is 0. The lowest BCUT2D eigenvalue weighted by Crippen LogP contribution is -1.95. The quantitative estimate of drug-likeness (QED) is 0.500. The fraction of sp³-hybridized carbons (Fsp3) is 0.0556. The Balaban J connectivity index is 1.93. The van der Waals surface area contributed by atoms with Crippen LogP contribution in [0.2, 0.25) is 0 Å². The second-order valence-electron chi connectivity index (χ2n) is 4.59. The molecule has 0 aliphatic carbocycles. The third-order valence-electron chi connectivity index (χ3n) is 3.23. The standard InChI is InChI=1S/C18H14OS/c19-13-18(20-17-8-2-1-3-9-17)16-11-10-14-6-4-5-7-15(14)12-16/h1-13,18H. The molecule has 0 fully saturated rings. The minimum atomic E-state index is -0.165. The molecule has 0 saturated carbocycles. The Kier molecular flexibility index (Phi) is 3.84. The van der Waals surface area contributed by atoms with Crippen LogP contribution < -0.4 is 0 Å². The molecule has 0 amide bonds. The number of rotatable bonds is 4. The van der Waals surface area contributed by atoms with Crippen molar-refractivity contribution in [2.45, 2.75) is 10.1 Å². The number of fused-ring (bicyclic) bond motifs is 1. The largest absolute Gasteiger partial charge is 0.302 e. The van der Waals surface area contributed by atoms with Crippen LogP contribution in [0.3, 0.4) is 0 Å². The van der Waals surface area contributed by atoms with Crippen molar-refractivity contribution in [3.63, 3.8) is 0 Å². The van der Waals surface area contributed by atoms with Gasteiger partial charge in [-0.3, -0.25) is 0 Å². The van der Waals surface area contributed by atoms with E-state index in [4.69, 9.17) is 0 Å². The van der Waals surface area contributed by atoms with E-state index in [9.17, 15) is 4.79 Å². The van der Waals surface area contributed by atoms with E-state index in [1.165, 1.54) is 10.8 Å². The van der Waals surface area contributed by atoms with Crippen molar-refractivity contribution in [2.75, 3.05) is 0 Å². The van der Waals surface area contributed by atoms with E-state index in [0.717, 1.165) is 16.7 Å². The Morgan fingerprint density at radius 1 is 0.800 bits per heavy atom. The maximum atomic E-state index is 11.4. The van der Waals surface area contributed by atoms with Crippen molar-refractivity contribution < 1.29 is 4.79 Å². The maximum Gasteiger partial charge on any atom is 0.137 e. The number of hydrogen-bond donors (Lipinski definition) is 0. The zero-order valence-corrected chi connectivity index (χ0v) is 11.7. The Morgan fingerprint density at radius 2 is 1.50 bits per heavy atom. The molecule has 0 N–H and O–H groups in total. The SMILES string of the molecule is O=CC(Sc1ccccc1)c1ccc2ccccc2c1. The van der Waals surface area contributed by atoms with Gasteiger partial charge in [-0.15, -0.1) is 11.8 Å². The fourth-order valence-corrected chi connectivity index (χ4v) is 3.15. The first-order valence-corrected chi connectivity index (χ1v) is 7.40. The molecule has 1 atom stereocenters. The first-order chi connectivity index (χ1) is 9.86. The van der Waals surface area contributed by atoms with Gasteiger partial charge in [0.05, 0.1) is 5.25 Å². The molecule has 0 saturated heterocycles. The highest BCUT2D eigenvalue weighted by molar-refractivity contribution is 8.00. The van der Waals surface area contributed by atoms with Crippen LogP contribution in [0.15, 0.2) is 77.7 Å². The molecule has 0 aliphatic rings. The van der Waals surface area contributed by atoms with Gasteiger partial charge >= 0.3 is 0 Å². The normalized spacial score (nSPS) is 12.2. The van der Waals surface area contributed by atoms with Crippen molar-refractivity contribution in [2.24, 2.45) is 0 Å². The third kappa shape index (κ3) is 2.75. The van der Waals surface area contributed by atoms with Gasteiger partial charge in [0.15, 0.2) is 0 Å². The van der Waals surface area contributed by atoms with E-state index in [2.05, 4.69) is 24.3 Å². The van der Waals surface area contributed by atoms with E-state index in [-0.39, 0.29) is 5.25 Å². The van der Waals surface area contributed by atoms with Gasteiger partial charge in [0.1, 0.15) is 6.29 Å². The smallest absolute Gasteiger partial charge is 0.137 e. The molecule has 1 unspecified atom stereocenters. The summed E-state index contributed by atoms with van der Waals surface area (Å²) in [6, 6.07) is 24.4. The minimum Gasteiger partial charge on any atom is -0.302 e. The van der Waals surface area contributed by atoms with Crippen LogP contribution in [-0.2, 0) is 4.79 Å². The van der Waals surface area contributed by atoms with Crippen LogP contribution >= 0.6 is 11.8 Å². The van der Waals surface area contributed by atoms with Crippen LogP contribution in [0.25, 0.3) is 10.8 Å². The molecule has 0 aromatic heterocycles. The second kappa shape index (κ2) is 5.93. The summed E-state index contributed by atoms with van der Waals surface area (Å²) in [6.07, 6.45) is 1.02. The first-order valence-electron chi connectivity index (χ1n) is 6.52. The zero-order valence-electron chi connectivity index (χ0n) is 10.9. The summed E-state index contributed by atoms with van der Waals surface area (Å²) in [4.78, 5) is 12.5. The van der Waals surface area contributed by atoms with Gasteiger partial charge in [-0.1, -0.05) is 54.6 Å². The number of benzene rings is 3. The topological polar surface area (TPSA) is 17.1 Å². The highest BCUT2D eigenvalue weighted by Gasteiger charge is 2.12. The van der Waals surface area contributed by atoms with Gasteiger partial charge in [-0.2, -0.15) is 0 Å². The van der Waals surface area contributed by atoms with E-state index in [1.807, 2.05) is 48.5 Å². The van der Waals surface area contributed by atoms with Crippen LogP contribution in [0.4, 0.5) is 0 Å². The van der Waals surface area contributed by atoms with E-state index in [0.29, 0.717) is 0 Å². The molecular formula is C18H14OS. The number of hydrogen-bond acceptors (Lipinski definition) is 2. The lowest BCUT2D eigenvalue weighted by Gasteiger charge is -2.11. The first kappa shape index (κ1) is 12.9. The molecule has 0 radical (unpaired) electrons. The predicted molar refractivity (Wildman–Crippen MR) is 85.1 cm³/mol. The number of aldehydes is 1. The molecular weight excluding hydrogens is 264 g/mol. The molecule has 0 spiro atoms. The highest BCUT2D eigenvalue weighted by atomic mass is 32.2. The van der Waals surface area contributed by atoms with Crippen molar-refractivity contribution in [3.8, 4) is 0 Å². The summed E-state index contributed by atoms with van der Waals surface area (Å²) in [5.41, 5.74) is 1.05. The van der Waals surface area contributed by atoms with Crippen molar-refractivity contribution in [1.29, 1.82) is 0 Å². The molecule has 3 aromatic carbocycles. The molecule has 3 rings (SSSR count). The molecule has 0 heterocycles. The van der Waals surface area contributed by atoms with Crippen molar-refractivity contribution >= 4 is 28.8 Å². The van der Waals surface area contributed by atoms with Crippen molar-refractivity contribution in [1.82, 2.24) is 0 Å². The molecule has 2 heteroatoms. The van der Waals surface area contributed by atoms with Crippen LogP contribution in [0.5, 0.6) is 0 Å². The Labute approximate surface area is 122 Å². The Hall–Kier alpha value is -2.06. The van der Waals surface area contributed by atoms with Gasteiger partial charge in [0, 0.05) is 4.90 Å². The molecule has 98 valence electrons. The van der Waals surface area contributed by atoms with Gasteiger partial charge < -0.3 is 4.79 Å². The van der Waals surface area contributed by atoms with Crippen LogP contribution in [0, 0.1) is 0 Å². The highest BCUT2D eigenvalue weighted by Crippen LogP contribution is 2.34. The summed E-state index contributed by atoms with van der Waals surface area (Å²) in [5, 5.41) is 2.21. The van der Waals surface area contributed by atoms with Gasteiger partial charge in [-0.05, 0) is 34.5 Å². The van der Waals surface area contributed by atoms with E-state index >= 15 is 0 Å². The average Bonchev–Trinajstić information content (AvgIpc) is 2.53. The summed E-state index contributed by atoms with van der Waals surface area (Å²) in [6.45, 7) is 0. The molecule has 1 nitrogen and oxygen atoms in total. The molecule has 0 bridgehead atoms. The summed E-state index contributed by atoms with van der Waals surface area (Å²) >= 11 is 1.58. The lowest BCUT2D eigenvalue weighted by atomic mass is 10.1. The monoisotopic (exact) mass is 278 g/mol. The van der Waals surface area contributed by atoms with Crippen LogP contribution in [-0.4, -0.2) is 6.29 Å². The number of carbonyl (C=O) groups excluding carboxylic acids is 1. The molecule has 20 heavy (non-hydrogen) atoms. The maximum absolute atomic E-state index is 11.4. The molecule has 3 aromatic rings. The summed E-state index contributed by atoms with van der Waals surface area (Å²) in [7, 11) is 0. The van der Waals surface area contributed by atoms with E-state index < -0.39 is 0 Å². The predicted octanol–water partition coefficient (Wildman–Crippen LogP) is 4.87. The lowest BCUT2D eigenvalue weighted by molar-refractivity contribution is -0.107. The second-order valence-corrected chi connectivity index (χ2v) is 5.81. The number of thioether (sulfide) groups is 1. The summed E-state index contributed by atoms with van der Waals surface area (Å²) < 4.78 is 0. The average molecular weight is 278 g/mol. The molecule has 0 aliphatic heterocycles.